The van der Waals surface area contributed by atoms with Gasteiger partial charge in [0.25, 0.3) is 22.1 Å². The van der Waals surface area contributed by atoms with Gasteiger partial charge in [0.05, 0.1) is 20.3 Å². The third-order valence-electron chi connectivity index (χ3n) is 4.36. The van der Waals surface area contributed by atoms with Gasteiger partial charge in [0, 0.05) is 45.3 Å². The summed E-state index contributed by atoms with van der Waals surface area (Å²) >= 11 is 0. The van der Waals surface area contributed by atoms with Crippen molar-refractivity contribution in [1.29, 1.82) is 0 Å². The van der Waals surface area contributed by atoms with Gasteiger partial charge >= 0.3 is 0 Å². The Balaban J connectivity index is 1.64. The number of hydrogen-bond acceptors (Lipinski definition) is 6. The van der Waals surface area contributed by atoms with E-state index in [1.807, 2.05) is 0 Å². The van der Waals surface area contributed by atoms with Crippen molar-refractivity contribution in [2.75, 3.05) is 59.6 Å². The average molecular weight is 373 g/mol. The summed E-state index contributed by atoms with van der Waals surface area (Å²) in [7, 11) is -2.05. The molecule has 3 rings (SSSR count). The number of methoxy groups -OCH3 is 1. The monoisotopic (exact) mass is 373 g/mol. The van der Waals surface area contributed by atoms with E-state index in [0.717, 1.165) is 0 Å². The zero-order valence-corrected chi connectivity index (χ0v) is 15.0. The van der Waals surface area contributed by atoms with Crippen LogP contribution in [0.25, 0.3) is 0 Å². The van der Waals surface area contributed by atoms with E-state index in [4.69, 9.17) is 13.9 Å². The van der Waals surface area contributed by atoms with Gasteiger partial charge < -0.3 is 18.8 Å². The molecule has 0 aliphatic carbocycles. The molecule has 0 atom stereocenters. The lowest BCUT2D eigenvalue weighted by Gasteiger charge is -2.31. The van der Waals surface area contributed by atoms with Crippen LogP contribution in [0.4, 0.5) is 0 Å². The van der Waals surface area contributed by atoms with Crippen LogP contribution < -0.4 is 4.74 Å². The number of carbonyl (C=O) groups excluding carboxylic acids is 1. The normalized spacial score (nSPS) is 21.1. The second-order valence-corrected chi connectivity index (χ2v) is 7.82. The molecule has 0 aromatic carbocycles. The Morgan fingerprint density at radius 1 is 1.04 bits per heavy atom. The highest BCUT2D eigenvalue weighted by Crippen LogP contribution is 2.19. The maximum absolute atomic E-state index is 12.7. The lowest BCUT2D eigenvalue weighted by Crippen LogP contribution is -2.49. The van der Waals surface area contributed by atoms with Gasteiger partial charge in [-0.3, -0.25) is 4.79 Å². The first kappa shape index (κ1) is 18.2. The third-order valence-corrected chi connectivity index (χ3v) is 6.39. The van der Waals surface area contributed by atoms with Gasteiger partial charge in [0.1, 0.15) is 0 Å². The molecule has 1 amide bonds. The van der Waals surface area contributed by atoms with Crippen LogP contribution in [-0.4, -0.2) is 87.4 Å². The second kappa shape index (κ2) is 7.73. The number of furan rings is 1. The van der Waals surface area contributed by atoms with Crippen LogP contribution in [-0.2, 0) is 14.9 Å². The molecule has 0 radical (unpaired) electrons. The molecule has 1 aromatic rings. The maximum Gasteiger partial charge on any atom is 0.289 e. The minimum Gasteiger partial charge on any atom is -0.468 e. The Morgan fingerprint density at radius 2 is 1.76 bits per heavy atom. The van der Waals surface area contributed by atoms with Crippen molar-refractivity contribution >= 4 is 16.1 Å². The molecule has 0 bridgehead atoms. The summed E-state index contributed by atoms with van der Waals surface area (Å²) in [4.78, 5) is 14.1. The van der Waals surface area contributed by atoms with E-state index in [2.05, 4.69) is 0 Å². The topological polar surface area (TPSA) is 92.5 Å². The van der Waals surface area contributed by atoms with E-state index in [1.165, 1.54) is 15.7 Å². The van der Waals surface area contributed by atoms with Gasteiger partial charge in [-0.1, -0.05) is 0 Å². The van der Waals surface area contributed by atoms with Crippen LogP contribution >= 0.6 is 0 Å². The molecule has 2 fully saturated rings. The van der Waals surface area contributed by atoms with Crippen molar-refractivity contribution < 1.29 is 27.1 Å². The van der Waals surface area contributed by atoms with Gasteiger partial charge in [0.15, 0.2) is 5.76 Å². The molecule has 140 valence electrons. The molecule has 9 nitrogen and oxygen atoms in total. The van der Waals surface area contributed by atoms with E-state index in [9.17, 15) is 13.2 Å². The van der Waals surface area contributed by atoms with Crippen LogP contribution in [0.3, 0.4) is 0 Å². The van der Waals surface area contributed by atoms with Crippen molar-refractivity contribution in [1.82, 2.24) is 13.5 Å². The first-order valence-corrected chi connectivity index (χ1v) is 9.68. The third kappa shape index (κ3) is 3.97. The van der Waals surface area contributed by atoms with Crippen molar-refractivity contribution in [3.05, 3.63) is 17.9 Å². The summed E-state index contributed by atoms with van der Waals surface area (Å²) in [5, 5.41) is 0. The fourth-order valence-corrected chi connectivity index (χ4v) is 4.58. The van der Waals surface area contributed by atoms with Crippen molar-refractivity contribution in [3.63, 3.8) is 0 Å². The lowest BCUT2D eigenvalue weighted by atomic mass is 10.3. The first-order chi connectivity index (χ1) is 12.0. The SMILES string of the molecule is COc1ccc(C(=O)N2CCCN(S(=O)(=O)N3CCOCC3)CC2)o1. The number of ether oxygens (including phenoxy) is 2. The number of rotatable bonds is 4. The van der Waals surface area contributed by atoms with Crippen molar-refractivity contribution in [2.24, 2.45) is 0 Å². The smallest absolute Gasteiger partial charge is 0.289 e. The van der Waals surface area contributed by atoms with Crippen molar-refractivity contribution in [3.8, 4) is 5.95 Å². The second-order valence-electron chi connectivity index (χ2n) is 5.89. The number of nitrogens with zero attached hydrogens (tertiary/aromatic N) is 3. The van der Waals surface area contributed by atoms with E-state index >= 15 is 0 Å². The average Bonchev–Trinajstić information content (AvgIpc) is 2.98. The fourth-order valence-electron chi connectivity index (χ4n) is 2.97. The Bertz CT molecular complexity index is 698. The standard InChI is InChI=1S/C15H23N3O6S/c1-22-14-4-3-13(24-14)15(19)16-5-2-6-17(8-7-16)25(20,21)18-9-11-23-12-10-18/h3-4H,2,5-12H2,1H3. The highest BCUT2D eigenvalue weighted by atomic mass is 32.2. The fraction of sp³-hybridized carbons (Fsp3) is 0.667. The summed E-state index contributed by atoms with van der Waals surface area (Å²) < 4.78 is 43.9. The molecular weight excluding hydrogens is 350 g/mol. The molecule has 3 heterocycles. The van der Waals surface area contributed by atoms with E-state index < -0.39 is 10.2 Å². The van der Waals surface area contributed by atoms with Crippen LogP contribution in [0, 0.1) is 0 Å². The van der Waals surface area contributed by atoms with E-state index in [1.54, 1.807) is 17.0 Å². The molecule has 2 aliphatic heterocycles. The molecule has 0 spiro atoms. The molecular formula is C15H23N3O6S. The molecule has 0 saturated carbocycles. The first-order valence-electron chi connectivity index (χ1n) is 8.28. The quantitative estimate of drug-likeness (QED) is 0.738. The van der Waals surface area contributed by atoms with Gasteiger partial charge in [-0.15, -0.1) is 0 Å². The Labute approximate surface area is 147 Å². The van der Waals surface area contributed by atoms with Gasteiger partial charge in [-0.25, -0.2) is 0 Å². The van der Waals surface area contributed by atoms with Gasteiger partial charge in [0.2, 0.25) is 0 Å². The maximum atomic E-state index is 12.7. The number of amides is 1. The highest BCUT2D eigenvalue weighted by Gasteiger charge is 2.33. The number of hydrogen-bond donors (Lipinski definition) is 0. The lowest BCUT2D eigenvalue weighted by molar-refractivity contribution is 0.0696. The molecule has 2 aliphatic rings. The summed E-state index contributed by atoms with van der Waals surface area (Å²) in [6, 6.07) is 3.15. The predicted octanol–water partition coefficient (Wildman–Crippen LogP) is 0.0131. The molecule has 10 heteroatoms. The van der Waals surface area contributed by atoms with Gasteiger partial charge in [-0.05, 0) is 12.5 Å². The van der Waals surface area contributed by atoms with E-state index in [0.29, 0.717) is 52.4 Å². The molecule has 25 heavy (non-hydrogen) atoms. The zero-order chi connectivity index (χ0) is 17.9. The number of morpholine rings is 1. The zero-order valence-electron chi connectivity index (χ0n) is 14.2. The summed E-state index contributed by atoms with van der Waals surface area (Å²) in [5.74, 6) is 0.213. The minimum atomic E-state index is -3.52. The highest BCUT2D eigenvalue weighted by molar-refractivity contribution is 7.86. The van der Waals surface area contributed by atoms with Crippen molar-refractivity contribution in [2.45, 2.75) is 6.42 Å². The summed E-state index contributed by atoms with van der Waals surface area (Å²) in [5.41, 5.74) is 0. The van der Waals surface area contributed by atoms with Crippen LogP contribution in [0.2, 0.25) is 0 Å². The summed E-state index contributed by atoms with van der Waals surface area (Å²) in [6.45, 7) is 3.04. The van der Waals surface area contributed by atoms with Gasteiger partial charge in [-0.2, -0.15) is 17.0 Å². The molecule has 0 N–H and O–H groups in total. The summed E-state index contributed by atoms with van der Waals surface area (Å²) in [6.07, 6.45) is 0.577. The molecule has 1 aromatic heterocycles. The molecule has 2 saturated heterocycles. The van der Waals surface area contributed by atoms with E-state index in [-0.39, 0.29) is 24.2 Å². The van der Waals surface area contributed by atoms with Crippen LogP contribution in [0.15, 0.2) is 16.5 Å². The minimum absolute atomic E-state index is 0.196. The predicted molar refractivity (Wildman–Crippen MR) is 88.7 cm³/mol. The largest absolute Gasteiger partial charge is 0.468 e. The Morgan fingerprint density at radius 3 is 2.44 bits per heavy atom. The Kier molecular flexibility index (Phi) is 5.62. The Hall–Kier alpha value is -1.62. The van der Waals surface area contributed by atoms with Crippen LogP contribution in [0.1, 0.15) is 17.0 Å². The molecule has 0 unspecified atom stereocenters. The number of carbonyl (C=O) groups is 1. The van der Waals surface area contributed by atoms with Crippen LogP contribution in [0.5, 0.6) is 5.95 Å².